The first-order valence-corrected chi connectivity index (χ1v) is 10.7. The molecule has 0 heterocycles. The van der Waals surface area contributed by atoms with Crippen LogP contribution in [0.25, 0.3) is 0 Å². The molecule has 0 fully saturated rings. The van der Waals surface area contributed by atoms with Gasteiger partial charge in [0.15, 0.2) is 0 Å². The van der Waals surface area contributed by atoms with E-state index in [0.29, 0.717) is 0 Å². The minimum absolute atomic E-state index is 0.902. The highest BCUT2D eigenvalue weighted by Crippen LogP contribution is 2.14. The molecule has 0 aromatic rings. The third-order valence-electron chi connectivity index (χ3n) is 4.14. The van der Waals surface area contributed by atoms with Gasteiger partial charge in [0.25, 0.3) is 0 Å². The maximum atomic E-state index is 2.34. The molecule has 0 saturated carbocycles. The summed E-state index contributed by atoms with van der Waals surface area (Å²) in [6, 6.07) is 1.51. The molecular weight excluding hydrogens is 244 g/mol. The lowest BCUT2D eigenvalue weighted by atomic mass is 10.0. The lowest BCUT2D eigenvalue weighted by Crippen LogP contribution is -1.87. The molecule has 0 bridgehead atoms. The minimum Gasteiger partial charge on any atom is -0.0658 e. The average Bonchev–Trinajstić information content (AvgIpc) is 2.39. The molecule has 0 unspecified atom stereocenters. The molecule has 19 heavy (non-hydrogen) atoms. The highest BCUT2D eigenvalue weighted by molar-refractivity contribution is 6.08. The van der Waals surface area contributed by atoms with Gasteiger partial charge >= 0.3 is 0 Å². The first kappa shape index (κ1) is 19.2. The second-order valence-electron chi connectivity index (χ2n) is 6.78. The van der Waals surface area contributed by atoms with E-state index >= 15 is 0 Å². The van der Waals surface area contributed by atoms with Gasteiger partial charge in [0.2, 0.25) is 0 Å². The topological polar surface area (TPSA) is 0 Å². The molecule has 0 amide bonds. The van der Waals surface area contributed by atoms with E-state index in [2.05, 4.69) is 13.8 Å². The zero-order valence-electron chi connectivity index (χ0n) is 14.2. The van der Waals surface area contributed by atoms with Crippen LogP contribution in [0.2, 0.25) is 6.04 Å². The van der Waals surface area contributed by atoms with Crippen LogP contribution in [0.1, 0.15) is 104 Å². The van der Waals surface area contributed by atoms with E-state index in [0.717, 1.165) is 5.92 Å². The molecule has 0 aromatic heterocycles. The first-order valence-electron chi connectivity index (χ1n) is 9.27. The lowest BCUT2D eigenvalue weighted by molar-refractivity contribution is 0.503. The van der Waals surface area contributed by atoms with Crippen LogP contribution in [0, 0.1) is 5.92 Å². The fraction of sp³-hybridized carbons (Fsp3) is 1.00. The van der Waals surface area contributed by atoms with Gasteiger partial charge in [-0.25, -0.2) is 0 Å². The Morgan fingerprint density at radius 1 is 0.526 bits per heavy atom. The van der Waals surface area contributed by atoms with Gasteiger partial charge in [-0.15, -0.1) is 0 Å². The van der Waals surface area contributed by atoms with Crippen molar-refractivity contribution < 1.29 is 0 Å². The number of hydrogen-bond donors (Lipinski definition) is 0. The number of hydrogen-bond acceptors (Lipinski definition) is 0. The summed E-state index contributed by atoms with van der Waals surface area (Å²) < 4.78 is 0. The molecule has 0 rings (SSSR count). The molecule has 116 valence electrons. The lowest BCUT2D eigenvalue weighted by Gasteiger charge is -2.04. The Labute approximate surface area is 126 Å². The van der Waals surface area contributed by atoms with Crippen LogP contribution in [0.4, 0.5) is 0 Å². The smallest absolute Gasteiger partial charge is 0.00279 e. The van der Waals surface area contributed by atoms with Gasteiger partial charge in [0, 0.05) is 10.2 Å². The molecule has 0 N–H and O–H groups in total. The molecule has 0 atom stereocenters. The maximum Gasteiger partial charge on any atom is 0.00279 e. The van der Waals surface area contributed by atoms with Crippen molar-refractivity contribution in [3.8, 4) is 0 Å². The van der Waals surface area contributed by atoms with Gasteiger partial charge in [-0.3, -0.25) is 0 Å². The second-order valence-corrected chi connectivity index (χ2v) is 7.78. The number of rotatable bonds is 15. The molecule has 0 aliphatic heterocycles. The minimum atomic E-state index is 0.902. The Balaban J connectivity index is 2.91. The Kier molecular flexibility index (Phi) is 16.5. The van der Waals surface area contributed by atoms with E-state index in [4.69, 9.17) is 0 Å². The Morgan fingerprint density at radius 2 is 0.842 bits per heavy atom. The van der Waals surface area contributed by atoms with E-state index < -0.39 is 0 Å². The number of unbranched alkanes of at least 4 members (excludes halogenated alkanes) is 12. The fourth-order valence-corrected chi connectivity index (χ4v) is 3.25. The highest BCUT2D eigenvalue weighted by atomic mass is 28.1. The predicted molar refractivity (Wildman–Crippen MR) is 94.2 cm³/mol. The standard InChI is InChI=1S/C18H40Si/c1-18(2)16-14-12-10-8-6-4-3-5-7-9-11-13-15-17-19/h18H,3-17H2,1-2,19H3. The zero-order chi connectivity index (χ0) is 14.2. The maximum absolute atomic E-state index is 2.34. The van der Waals surface area contributed by atoms with Gasteiger partial charge in [-0.05, 0) is 5.92 Å². The molecule has 0 radical (unpaired) electrons. The van der Waals surface area contributed by atoms with Crippen molar-refractivity contribution >= 4 is 10.2 Å². The van der Waals surface area contributed by atoms with Crippen LogP contribution in [-0.4, -0.2) is 10.2 Å². The van der Waals surface area contributed by atoms with Gasteiger partial charge in [0.1, 0.15) is 0 Å². The summed E-state index contributed by atoms with van der Waals surface area (Å²) in [6.45, 7) is 4.67. The molecule has 1 heteroatoms. The first-order chi connectivity index (χ1) is 9.27. The van der Waals surface area contributed by atoms with Crippen molar-refractivity contribution in [2.45, 2.75) is 110 Å². The molecule has 0 saturated heterocycles. The van der Waals surface area contributed by atoms with Crippen LogP contribution >= 0.6 is 0 Å². The van der Waals surface area contributed by atoms with Crippen LogP contribution in [0.3, 0.4) is 0 Å². The summed E-state index contributed by atoms with van der Waals surface area (Å²) in [5.41, 5.74) is 0. The summed E-state index contributed by atoms with van der Waals surface area (Å²) in [4.78, 5) is 0. The van der Waals surface area contributed by atoms with Crippen molar-refractivity contribution in [3.05, 3.63) is 0 Å². The fourth-order valence-electron chi connectivity index (χ4n) is 2.75. The van der Waals surface area contributed by atoms with E-state index in [9.17, 15) is 0 Å². The van der Waals surface area contributed by atoms with Crippen molar-refractivity contribution in [1.29, 1.82) is 0 Å². The Hall–Kier alpha value is 0.217. The van der Waals surface area contributed by atoms with Crippen molar-refractivity contribution in [2.24, 2.45) is 5.92 Å². The zero-order valence-corrected chi connectivity index (χ0v) is 16.2. The summed E-state index contributed by atoms with van der Waals surface area (Å²) in [6.07, 6.45) is 20.8. The Morgan fingerprint density at radius 3 is 1.16 bits per heavy atom. The third kappa shape index (κ3) is 18.2. The normalized spacial score (nSPS) is 11.5. The molecule has 0 spiro atoms. The van der Waals surface area contributed by atoms with E-state index in [1.165, 1.54) is 106 Å². The van der Waals surface area contributed by atoms with Gasteiger partial charge in [-0.2, -0.15) is 0 Å². The van der Waals surface area contributed by atoms with Crippen molar-refractivity contribution in [1.82, 2.24) is 0 Å². The van der Waals surface area contributed by atoms with E-state index in [1.807, 2.05) is 0 Å². The van der Waals surface area contributed by atoms with Crippen LogP contribution < -0.4 is 0 Å². The van der Waals surface area contributed by atoms with Gasteiger partial charge in [-0.1, -0.05) is 110 Å². The van der Waals surface area contributed by atoms with Crippen LogP contribution in [0.5, 0.6) is 0 Å². The molecule has 0 aliphatic carbocycles. The quantitative estimate of drug-likeness (QED) is 0.260. The van der Waals surface area contributed by atoms with Crippen LogP contribution in [-0.2, 0) is 0 Å². The third-order valence-corrected chi connectivity index (χ3v) is 4.84. The molecule has 0 nitrogen and oxygen atoms in total. The van der Waals surface area contributed by atoms with Gasteiger partial charge < -0.3 is 0 Å². The van der Waals surface area contributed by atoms with E-state index in [1.54, 1.807) is 0 Å². The summed E-state index contributed by atoms with van der Waals surface area (Å²) in [5, 5.41) is 0. The summed E-state index contributed by atoms with van der Waals surface area (Å²) in [5.74, 6) is 0.902. The highest BCUT2D eigenvalue weighted by Gasteiger charge is 1.95. The van der Waals surface area contributed by atoms with Gasteiger partial charge in [0.05, 0.1) is 0 Å². The Bertz CT molecular complexity index is 154. The largest absolute Gasteiger partial charge is 0.0658 e. The second kappa shape index (κ2) is 16.3. The predicted octanol–water partition coefficient (Wildman–Crippen LogP) is 5.89. The molecular formula is C18H40Si. The van der Waals surface area contributed by atoms with E-state index in [-0.39, 0.29) is 0 Å². The van der Waals surface area contributed by atoms with Crippen LogP contribution in [0.15, 0.2) is 0 Å². The monoisotopic (exact) mass is 284 g/mol. The SMILES string of the molecule is CC(C)CCCCCCCCCCCCCCC[SiH3]. The molecule has 0 aliphatic rings. The molecule has 0 aromatic carbocycles. The van der Waals surface area contributed by atoms with Crippen molar-refractivity contribution in [3.63, 3.8) is 0 Å². The summed E-state index contributed by atoms with van der Waals surface area (Å²) in [7, 11) is 1.41. The van der Waals surface area contributed by atoms with Crippen molar-refractivity contribution in [2.75, 3.05) is 0 Å². The average molecular weight is 285 g/mol. The summed E-state index contributed by atoms with van der Waals surface area (Å²) >= 11 is 0.